The highest BCUT2D eigenvalue weighted by molar-refractivity contribution is 5.95. The molecule has 0 aliphatic carbocycles. The first kappa shape index (κ1) is 29.1. The quantitative estimate of drug-likeness (QED) is 0.215. The third-order valence-corrected chi connectivity index (χ3v) is 6.46. The Labute approximate surface area is 224 Å². The highest BCUT2D eigenvalue weighted by atomic mass is 16.4. The van der Waals surface area contributed by atoms with Crippen LogP contribution in [0.15, 0.2) is 54.6 Å². The van der Waals surface area contributed by atoms with E-state index in [0.29, 0.717) is 17.5 Å². The van der Waals surface area contributed by atoms with Gasteiger partial charge in [-0.2, -0.15) is 0 Å². The van der Waals surface area contributed by atoms with Crippen LogP contribution in [0.4, 0.5) is 0 Å². The van der Waals surface area contributed by atoms with Crippen LogP contribution in [0.25, 0.3) is 0 Å². The maximum Gasteiger partial charge on any atom is 0.326 e. The number of hydrogen-bond acceptors (Lipinski definition) is 7. The standard InChI is InChI=1S/C27H32N4O8/c28-19(15-23(33)34)26(37)31-12-4-7-22(31)25(36)29-20(13-17-8-10-18(32)11-9-17)24(35)30-21(27(38)39)14-16-5-2-1-3-6-16/h1-3,5-6,8-11,19-22,32H,4,7,12-15,28H2,(H,29,36)(H,30,35)(H,33,34)(H,38,39). The number of benzene rings is 2. The number of aliphatic carboxylic acids is 2. The number of phenols is 1. The molecule has 0 aromatic heterocycles. The minimum atomic E-state index is -1.32. The number of nitrogens with two attached hydrogens (primary N) is 1. The molecule has 0 radical (unpaired) electrons. The summed E-state index contributed by atoms with van der Waals surface area (Å²) < 4.78 is 0. The molecule has 0 spiro atoms. The SMILES string of the molecule is NC(CC(=O)O)C(=O)N1CCCC1C(=O)NC(Cc1ccc(O)cc1)C(=O)NC(Cc1ccccc1)C(=O)O. The molecule has 1 aliphatic rings. The number of aromatic hydroxyl groups is 1. The predicted octanol–water partition coefficient (Wildman–Crippen LogP) is 0.0246. The molecule has 1 heterocycles. The fourth-order valence-electron chi connectivity index (χ4n) is 4.46. The Kier molecular flexibility index (Phi) is 9.98. The van der Waals surface area contributed by atoms with Crippen LogP contribution in [0, 0.1) is 0 Å². The van der Waals surface area contributed by atoms with E-state index in [2.05, 4.69) is 10.6 Å². The van der Waals surface area contributed by atoms with Crippen LogP contribution >= 0.6 is 0 Å². The second kappa shape index (κ2) is 13.4. The third-order valence-electron chi connectivity index (χ3n) is 6.46. The van der Waals surface area contributed by atoms with Gasteiger partial charge in [-0.3, -0.25) is 19.2 Å². The number of phenolic OH excluding ortho intramolecular Hbond substituents is 1. The van der Waals surface area contributed by atoms with Gasteiger partial charge in [0.05, 0.1) is 12.5 Å². The zero-order chi connectivity index (χ0) is 28.5. The highest BCUT2D eigenvalue weighted by Crippen LogP contribution is 2.20. The van der Waals surface area contributed by atoms with Crippen LogP contribution in [0.3, 0.4) is 0 Å². The average molecular weight is 541 g/mol. The first-order chi connectivity index (χ1) is 18.5. The van der Waals surface area contributed by atoms with E-state index >= 15 is 0 Å². The van der Waals surface area contributed by atoms with E-state index in [-0.39, 0.29) is 31.6 Å². The van der Waals surface area contributed by atoms with Gasteiger partial charge in [0.25, 0.3) is 0 Å². The molecular formula is C27H32N4O8. The monoisotopic (exact) mass is 540 g/mol. The van der Waals surface area contributed by atoms with Gasteiger partial charge >= 0.3 is 11.9 Å². The average Bonchev–Trinajstić information content (AvgIpc) is 3.39. The Morgan fingerprint density at radius 2 is 1.51 bits per heavy atom. The normalized spacial score (nSPS) is 17.1. The van der Waals surface area contributed by atoms with Gasteiger partial charge in [0, 0.05) is 19.4 Å². The lowest BCUT2D eigenvalue weighted by Gasteiger charge is -2.28. The third kappa shape index (κ3) is 8.27. The fraction of sp³-hybridized carbons (Fsp3) is 0.370. The van der Waals surface area contributed by atoms with E-state index in [0.717, 1.165) is 0 Å². The van der Waals surface area contributed by atoms with Crippen LogP contribution in [0.2, 0.25) is 0 Å². The van der Waals surface area contributed by atoms with Gasteiger partial charge in [-0.25, -0.2) is 4.79 Å². The van der Waals surface area contributed by atoms with E-state index in [4.69, 9.17) is 10.8 Å². The summed E-state index contributed by atoms with van der Waals surface area (Å²) in [7, 11) is 0. The highest BCUT2D eigenvalue weighted by Gasteiger charge is 2.38. The summed E-state index contributed by atoms with van der Waals surface area (Å²) in [5.41, 5.74) is 7.01. The molecule has 0 bridgehead atoms. The van der Waals surface area contributed by atoms with Crippen LogP contribution in [-0.2, 0) is 36.8 Å². The van der Waals surface area contributed by atoms with E-state index in [1.165, 1.54) is 17.0 Å². The second-order valence-electron chi connectivity index (χ2n) is 9.41. The summed E-state index contributed by atoms with van der Waals surface area (Å²) >= 11 is 0. The predicted molar refractivity (Wildman–Crippen MR) is 138 cm³/mol. The van der Waals surface area contributed by atoms with Gasteiger partial charge in [-0.1, -0.05) is 42.5 Å². The Morgan fingerprint density at radius 3 is 2.13 bits per heavy atom. The molecular weight excluding hydrogens is 508 g/mol. The zero-order valence-electron chi connectivity index (χ0n) is 21.2. The first-order valence-electron chi connectivity index (χ1n) is 12.5. The van der Waals surface area contributed by atoms with Crippen molar-refractivity contribution >= 4 is 29.7 Å². The summed E-state index contributed by atoms with van der Waals surface area (Å²) in [4.78, 5) is 63.4. The Morgan fingerprint density at radius 1 is 0.897 bits per heavy atom. The maximum atomic E-state index is 13.3. The number of nitrogens with zero attached hydrogens (tertiary/aromatic N) is 1. The van der Waals surface area contributed by atoms with Crippen LogP contribution in [0.5, 0.6) is 5.75 Å². The Bertz CT molecular complexity index is 1190. The van der Waals surface area contributed by atoms with Crippen molar-refractivity contribution in [1.29, 1.82) is 0 Å². The molecule has 12 heteroatoms. The molecule has 12 nitrogen and oxygen atoms in total. The van der Waals surface area contributed by atoms with Crippen molar-refractivity contribution in [2.24, 2.45) is 5.73 Å². The van der Waals surface area contributed by atoms with Crippen molar-refractivity contribution in [2.75, 3.05) is 6.54 Å². The number of carboxylic acids is 2. The maximum absolute atomic E-state index is 13.3. The summed E-state index contributed by atoms with van der Waals surface area (Å²) in [5, 5.41) is 33.4. The molecule has 0 saturated carbocycles. The summed E-state index contributed by atoms with van der Waals surface area (Å²) in [6.45, 7) is 0.206. The molecule has 3 rings (SSSR count). The van der Waals surface area contributed by atoms with Crippen molar-refractivity contribution in [3.63, 3.8) is 0 Å². The van der Waals surface area contributed by atoms with Gasteiger partial charge in [0.2, 0.25) is 17.7 Å². The van der Waals surface area contributed by atoms with Gasteiger partial charge in [0.1, 0.15) is 23.9 Å². The number of amides is 3. The minimum absolute atomic E-state index is 0.00963. The molecule has 1 aliphatic heterocycles. The van der Waals surface area contributed by atoms with Crippen LogP contribution in [0.1, 0.15) is 30.4 Å². The summed E-state index contributed by atoms with van der Waals surface area (Å²) in [5.74, 6) is -4.54. The molecule has 39 heavy (non-hydrogen) atoms. The van der Waals surface area contributed by atoms with Crippen LogP contribution < -0.4 is 16.4 Å². The lowest BCUT2D eigenvalue weighted by atomic mass is 10.0. The fourth-order valence-corrected chi connectivity index (χ4v) is 4.46. The minimum Gasteiger partial charge on any atom is -0.508 e. The zero-order valence-corrected chi connectivity index (χ0v) is 21.2. The molecule has 2 aromatic carbocycles. The van der Waals surface area contributed by atoms with Gasteiger partial charge < -0.3 is 36.6 Å². The lowest BCUT2D eigenvalue weighted by Crippen LogP contribution is -2.57. The van der Waals surface area contributed by atoms with Crippen molar-refractivity contribution in [3.05, 3.63) is 65.7 Å². The number of nitrogens with one attached hydrogen (secondary N) is 2. The van der Waals surface area contributed by atoms with Crippen molar-refractivity contribution in [2.45, 2.75) is 56.3 Å². The van der Waals surface area contributed by atoms with E-state index in [1.807, 2.05) is 0 Å². The number of carbonyl (C=O) groups is 5. The van der Waals surface area contributed by atoms with Gasteiger partial charge in [-0.15, -0.1) is 0 Å². The van der Waals surface area contributed by atoms with Gasteiger partial charge in [0.15, 0.2) is 0 Å². The van der Waals surface area contributed by atoms with Crippen molar-refractivity contribution in [3.8, 4) is 5.75 Å². The number of rotatable bonds is 12. The van der Waals surface area contributed by atoms with E-state index < -0.39 is 60.2 Å². The summed E-state index contributed by atoms with van der Waals surface area (Å²) in [6, 6.07) is 9.97. The number of carboxylic acid groups (broad SMARTS) is 2. The lowest BCUT2D eigenvalue weighted by molar-refractivity contribution is -0.144. The molecule has 2 aromatic rings. The van der Waals surface area contributed by atoms with Crippen molar-refractivity contribution in [1.82, 2.24) is 15.5 Å². The molecule has 1 fully saturated rings. The molecule has 4 atom stereocenters. The number of carbonyl (C=O) groups excluding carboxylic acids is 3. The molecule has 4 unspecified atom stereocenters. The molecule has 1 saturated heterocycles. The van der Waals surface area contributed by atoms with Gasteiger partial charge in [-0.05, 0) is 36.1 Å². The molecule has 208 valence electrons. The van der Waals surface area contributed by atoms with E-state index in [9.17, 15) is 34.2 Å². The number of hydrogen-bond donors (Lipinski definition) is 6. The molecule has 7 N–H and O–H groups in total. The topological polar surface area (TPSA) is 199 Å². The Hall–Kier alpha value is -4.45. The smallest absolute Gasteiger partial charge is 0.326 e. The second-order valence-corrected chi connectivity index (χ2v) is 9.41. The largest absolute Gasteiger partial charge is 0.508 e. The van der Waals surface area contributed by atoms with Crippen LogP contribution in [-0.4, -0.2) is 80.6 Å². The number of likely N-dealkylation sites (tertiary alicyclic amines) is 1. The Balaban J connectivity index is 1.78. The van der Waals surface area contributed by atoms with Crippen molar-refractivity contribution < 1.29 is 39.3 Å². The van der Waals surface area contributed by atoms with E-state index in [1.54, 1.807) is 42.5 Å². The molecule has 3 amide bonds. The first-order valence-corrected chi connectivity index (χ1v) is 12.5. The summed E-state index contributed by atoms with van der Waals surface area (Å²) in [6.07, 6.45) is 0.184.